The van der Waals surface area contributed by atoms with Gasteiger partial charge in [-0.1, -0.05) is 27.2 Å². The number of carbonyl (C=O) groups is 1. The summed E-state index contributed by atoms with van der Waals surface area (Å²) in [5.74, 6) is 0.296. The van der Waals surface area contributed by atoms with Crippen LogP contribution in [-0.2, 0) is 4.79 Å². The monoisotopic (exact) mass is 212 g/mol. The molecule has 1 heterocycles. The minimum Gasteiger partial charge on any atom is -0.339 e. The predicted molar refractivity (Wildman–Crippen MR) is 62.8 cm³/mol. The third-order valence-corrected chi connectivity index (χ3v) is 3.01. The van der Waals surface area contributed by atoms with Crippen molar-refractivity contribution in [3.8, 4) is 0 Å². The molecule has 0 radical (unpaired) electrons. The van der Waals surface area contributed by atoms with Gasteiger partial charge < -0.3 is 10.2 Å². The Labute approximate surface area is 93.2 Å². The van der Waals surface area contributed by atoms with Crippen LogP contribution in [0.4, 0.5) is 0 Å². The number of hydrogen-bond donors (Lipinski definition) is 1. The summed E-state index contributed by atoms with van der Waals surface area (Å²) in [6, 6.07) is 0.853. The van der Waals surface area contributed by atoms with Crippen LogP contribution in [0.1, 0.15) is 47.0 Å². The molecule has 1 aliphatic heterocycles. The van der Waals surface area contributed by atoms with E-state index in [9.17, 15) is 4.79 Å². The highest BCUT2D eigenvalue weighted by Crippen LogP contribution is 2.17. The smallest absolute Gasteiger partial charge is 0.240 e. The standard InChI is InChI=1S/C12H24N2O/c1-5-6-10(4)14-8-7-11(12(14)15)13-9(2)3/h9-11,13H,5-8H2,1-4H3. The van der Waals surface area contributed by atoms with Crippen molar-refractivity contribution >= 4 is 5.91 Å². The van der Waals surface area contributed by atoms with Gasteiger partial charge in [-0.25, -0.2) is 0 Å². The summed E-state index contributed by atoms with van der Waals surface area (Å²) in [6.07, 6.45) is 3.22. The van der Waals surface area contributed by atoms with Gasteiger partial charge in [-0.15, -0.1) is 0 Å². The molecule has 1 amide bonds. The molecule has 1 aliphatic rings. The van der Waals surface area contributed by atoms with Crippen LogP contribution >= 0.6 is 0 Å². The van der Waals surface area contributed by atoms with Gasteiger partial charge in [-0.05, 0) is 19.8 Å². The zero-order valence-corrected chi connectivity index (χ0v) is 10.4. The van der Waals surface area contributed by atoms with Crippen molar-refractivity contribution in [1.82, 2.24) is 10.2 Å². The number of nitrogens with one attached hydrogen (secondary N) is 1. The third kappa shape index (κ3) is 3.20. The molecule has 88 valence electrons. The molecule has 0 bridgehead atoms. The first kappa shape index (κ1) is 12.5. The minimum atomic E-state index is 0.0595. The van der Waals surface area contributed by atoms with E-state index in [2.05, 4.69) is 33.0 Å². The Morgan fingerprint density at radius 1 is 1.47 bits per heavy atom. The first-order valence-corrected chi connectivity index (χ1v) is 6.12. The van der Waals surface area contributed by atoms with Gasteiger partial charge in [0.15, 0.2) is 0 Å². The molecular formula is C12H24N2O. The maximum absolute atomic E-state index is 12.0. The molecule has 2 atom stereocenters. The molecule has 0 aromatic rings. The van der Waals surface area contributed by atoms with Gasteiger partial charge in [0.2, 0.25) is 5.91 Å². The summed E-state index contributed by atoms with van der Waals surface area (Å²) >= 11 is 0. The average molecular weight is 212 g/mol. The SMILES string of the molecule is CCCC(C)N1CCC(NC(C)C)C1=O. The van der Waals surface area contributed by atoms with Crippen LogP contribution in [0.25, 0.3) is 0 Å². The van der Waals surface area contributed by atoms with Crippen molar-refractivity contribution in [3.05, 3.63) is 0 Å². The van der Waals surface area contributed by atoms with Gasteiger partial charge in [0.1, 0.15) is 0 Å². The molecule has 0 spiro atoms. The highest BCUT2D eigenvalue weighted by molar-refractivity contribution is 5.84. The normalized spacial score (nSPS) is 23.9. The Bertz CT molecular complexity index is 216. The van der Waals surface area contributed by atoms with Crippen molar-refractivity contribution in [1.29, 1.82) is 0 Å². The number of likely N-dealkylation sites (tertiary alicyclic amines) is 1. The first-order valence-electron chi connectivity index (χ1n) is 6.12. The van der Waals surface area contributed by atoms with Crippen LogP contribution < -0.4 is 5.32 Å². The fourth-order valence-corrected chi connectivity index (χ4v) is 2.27. The number of rotatable bonds is 5. The van der Waals surface area contributed by atoms with E-state index in [1.807, 2.05) is 4.90 Å². The zero-order valence-electron chi connectivity index (χ0n) is 10.4. The van der Waals surface area contributed by atoms with E-state index in [0.717, 1.165) is 25.8 Å². The zero-order chi connectivity index (χ0) is 11.4. The number of carbonyl (C=O) groups excluding carboxylic acids is 1. The molecule has 0 aliphatic carbocycles. The van der Waals surface area contributed by atoms with Crippen molar-refractivity contribution in [2.24, 2.45) is 0 Å². The second-order valence-corrected chi connectivity index (χ2v) is 4.83. The Morgan fingerprint density at radius 2 is 2.13 bits per heavy atom. The predicted octanol–water partition coefficient (Wildman–Crippen LogP) is 1.77. The van der Waals surface area contributed by atoms with E-state index in [0.29, 0.717) is 18.0 Å². The van der Waals surface area contributed by atoms with Gasteiger partial charge >= 0.3 is 0 Å². The lowest BCUT2D eigenvalue weighted by molar-refractivity contribution is -0.131. The molecule has 3 heteroatoms. The molecule has 1 N–H and O–H groups in total. The Morgan fingerprint density at radius 3 is 2.67 bits per heavy atom. The maximum Gasteiger partial charge on any atom is 0.240 e. The fraction of sp³-hybridized carbons (Fsp3) is 0.917. The minimum absolute atomic E-state index is 0.0595. The van der Waals surface area contributed by atoms with Gasteiger partial charge in [0.25, 0.3) is 0 Å². The highest BCUT2D eigenvalue weighted by atomic mass is 16.2. The highest BCUT2D eigenvalue weighted by Gasteiger charge is 2.33. The lowest BCUT2D eigenvalue weighted by atomic mass is 10.2. The van der Waals surface area contributed by atoms with Crippen LogP contribution in [0.15, 0.2) is 0 Å². The van der Waals surface area contributed by atoms with Gasteiger partial charge in [-0.2, -0.15) is 0 Å². The van der Waals surface area contributed by atoms with Crippen molar-refractivity contribution in [2.45, 2.75) is 65.1 Å². The van der Waals surface area contributed by atoms with Gasteiger partial charge in [0.05, 0.1) is 6.04 Å². The van der Waals surface area contributed by atoms with E-state index >= 15 is 0 Å². The summed E-state index contributed by atoms with van der Waals surface area (Å²) in [4.78, 5) is 14.1. The van der Waals surface area contributed by atoms with Crippen LogP contribution in [0.5, 0.6) is 0 Å². The largest absolute Gasteiger partial charge is 0.339 e. The fourth-order valence-electron chi connectivity index (χ4n) is 2.27. The first-order chi connectivity index (χ1) is 7.06. The van der Waals surface area contributed by atoms with Crippen LogP contribution in [-0.4, -0.2) is 35.5 Å². The van der Waals surface area contributed by atoms with Gasteiger partial charge in [0, 0.05) is 18.6 Å². The van der Waals surface area contributed by atoms with E-state index < -0.39 is 0 Å². The second-order valence-electron chi connectivity index (χ2n) is 4.83. The molecular weight excluding hydrogens is 188 g/mol. The van der Waals surface area contributed by atoms with Crippen LogP contribution in [0.2, 0.25) is 0 Å². The average Bonchev–Trinajstić information content (AvgIpc) is 2.48. The Balaban J connectivity index is 2.48. The number of amides is 1. The Kier molecular flexibility index (Phi) is 4.58. The summed E-state index contributed by atoms with van der Waals surface area (Å²) in [7, 11) is 0. The molecule has 2 unspecified atom stereocenters. The van der Waals surface area contributed by atoms with E-state index in [4.69, 9.17) is 0 Å². The van der Waals surface area contributed by atoms with Crippen LogP contribution in [0.3, 0.4) is 0 Å². The lowest BCUT2D eigenvalue weighted by Gasteiger charge is -2.24. The summed E-state index contributed by atoms with van der Waals surface area (Å²) < 4.78 is 0. The number of hydrogen-bond acceptors (Lipinski definition) is 2. The van der Waals surface area contributed by atoms with Crippen molar-refractivity contribution in [3.63, 3.8) is 0 Å². The number of nitrogens with zero attached hydrogens (tertiary/aromatic N) is 1. The van der Waals surface area contributed by atoms with E-state index in [1.165, 1.54) is 0 Å². The molecule has 3 nitrogen and oxygen atoms in total. The molecule has 0 aromatic heterocycles. The van der Waals surface area contributed by atoms with Crippen molar-refractivity contribution in [2.75, 3.05) is 6.54 Å². The second kappa shape index (κ2) is 5.50. The van der Waals surface area contributed by atoms with Crippen LogP contribution in [0, 0.1) is 0 Å². The molecule has 0 aromatic carbocycles. The molecule has 1 saturated heterocycles. The topological polar surface area (TPSA) is 32.3 Å². The van der Waals surface area contributed by atoms with Crippen molar-refractivity contribution < 1.29 is 4.79 Å². The quantitative estimate of drug-likeness (QED) is 0.753. The summed E-state index contributed by atoms with van der Waals surface area (Å²) in [5, 5.41) is 3.33. The summed E-state index contributed by atoms with van der Waals surface area (Å²) in [5.41, 5.74) is 0. The maximum atomic E-state index is 12.0. The molecule has 1 fully saturated rings. The Hall–Kier alpha value is -0.570. The lowest BCUT2D eigenvalue weighted by Crippen LogP contribution is -2.43. The summed E-state index contributed by atoms with van der Waals surface area (Å²) in [6.45, 7) is 9.42. The van der Waals surface area contributed by atoms with E-state index in [-0.39, 0.29) is 6.04 Å². The third-order valence-electron chi connectivity index (χ3n) is 3.01. The molecule has 15 heavy (non-hydrogen) atoms. The van der Waals surface area contributed by atoms with Gasteiger partial charge in [-0.3, -0.25) is 4.79 Å². The molecule has 1 rings (SSSR count). The van der Waals surface area contributed by atoms with E-state index in [1.54, 1.807) is 0 Å². The molecule has 0 saturated carbocycles.